The van der Waals surface area contributed by atoms with Crippen molar-refractivity contribution in [1.29, 1.82) is 5.26 Å². The lowest BCUT2D eigenvalue weighted by molar-refractivity contribution is 0.183. The molecular formula is C16H17N5O2S. The van der Waals surface area contributed by atoms with E-state index >= 15 is 0 Å². The number of nitrogens with zero attached hydrogens (tertiary/aromatic N) is 5. The highest BCUT2D eigenvalue weighted by molar-refractivity contribution is 7.89. The molecule has 3 heterocycles. The molecule has 0 aliphatic carbocycles. The Labute approximate surface area is 140 Å². The third-order valence-electron chi connectivity index (χ3n) is 5.02. The highest BCUT2D eigenvalue weighted by Crippen LogP contribution is 2.43. The predicted octanol–water partition coefficient (Wildman–Crippen LogP) is 1.71. The monoisotopic (exact) mass is 343 g/mol. The minimum absolute atomic E-state index is 0.0466. The molecule has 2 aromatic rings. The Morgan fingerprint density at radius 2 is 1.83 bits per heavy atom. The van der Waals surface area contributed by atoms with Crippen molar-refractivity contribution in [2.75, 3.05) is 0 Å². The summed E-state index contributed by atoms with van der Waals surface area (Å²) in [6.45, 7) is 0. The second kappa shape index (κ2) is 5.69. The maximum atomic E-state index is 13.2. The van der Waals surface area contributed by atoms with Crippen molar-refractivity contribution >= 4 is 10.0 Å². The van der Waals surface area contributed by atoms with E-state index in [1.165, 1.54) is 6.07 Å². The Kier molecular flexibility index (Phi) is 3.62. The lowest BCUT2D eigenvalue weighted by Gasteiger charge is -2.37. The molecule has 0 radical (unpaired) electrons. The summed E-state index contributed by atoms with van der Waals surface area (Å²) in [6, 6.07) is 8.51. The first-order chi connectivity index (χ1) is 11.6. The van der Waals surface area contributed by atoms with E-state index in [2.05, 4.69) is 10.3 Å². The first-order valence-electron chi connectivity index (χ1n) is 7.99. The number of benzene rings is 1. The molecule has 8 heteroatoms. The predicted molar refractivity (Wildman–Crippen MR) is 85.3 cm³/mol. The van der Waals surface area contributed by atoms with Crippen molar-refractivity contribution < 1.29 is 8.42 Å². The van der Waals surface area contributed by atoms with Gasteiger partial charge in [0.2, 0.25) is 10.0 Å². The topological polar surface area (TPSA) is 91.9 Å². The third kappa shape index (κ3) is 2.32. The number of hydrogen-bond donors (Lipinski definition) is 0. The zero-order valence-electron chi connectivity index (χ0n) is 13.0. The second-order valence-electron chi connectivity index (χ2n) is 6.34. The Bertz CT molecular complexity index is 873. The van der Waals surface area contributed by atoms with Gasteiger partial charge in [-0.05, 0) is 37.8 Å². The highest BCUT2D eigenvalue weighted by Gasteiger charge is 2.48. The van der Waals surface area contributed by atoms with Crippen LogP contribution < -0.4 is 0 Å². The van der Waals surface area contributed by atoms with Crippen LogP contribution in [0.5, 0.6) is 0 Å². The van der Waals surface area contributed by atoms with E-state index in [0.29, 0.717) is 0 Å². The van der Waals surface area contributed by atoms with Crippen molar-refractivity contribution in [3.63, 3.8) is 0 Å². The van der Waals surface area contributed by atoms with Crippen LogP contribution in [0.4, 0.5) is 0 Å². The van der Waals surface area contributed by atoms with E-state index in [9.17, 15) is 13.7 Å². The zero-order chi connectivity index (χ0) is 16.7. The molecule has 7 nitrogen and oxygen atoms in total. The van der Waals surface area contributed by atoms with Crippen LogP contribution in [0.3, 0.4) is 0 Å². The van der Waals surface area contributed by atoms with Gasteiger partial charge in [0.15, 0.2) is 0 Å². The van der Waals surface area contributed by atoms with Gasteiger partial charge in [-0.3, -0.25) is 0 Å². The summed E-state index contributed by atoms with van der Waals surface area (Å²) in [7, 11) is -3.67. The van der Waals surface area contributed by atoms with Gasteiger partial charge in [-0.1, -0.05) is 17.3 Å². The summed E-state index contributed by atoms with van der Waals surface area (Å²) in [6.07, 6.45) is 6.64. The average molecular weight is 343 g/mol. The van der Waals surface area contributed by atoms with Gasteiger partial charge in [-0.15, -0.1) is 5.10 Å². The van der Waals surface area contributed by atoms with E-state index in [-0.39, 0.29) is 28.6 Å². The first-order valence-corrected chi connectivity index (χ1v) is 9.43. The molecule has 2 atom stereocenters. The van der Waals surface area contributed by atoms with E-state index in [1.807, 2.05) is 16.9 Å². The molecule has 0 N–H and O–H groups in total. The molecule has 2 aliphatic heterocycles. The van der Waals surface area contributed by atoms with Gasteiger partial charge in [0, 0.05) is 18.3 Å². The van der Waals surface area contributed by atoms with E-state index < -0.39 is 10.0 Å². The summed E-state index contributed by atoms with van der Waals surface area (Å²) in [4.78, 5) is 0.114. The third-order valence-corrected chi connectivity index (χ3v) is 7.08. The van der Waals surface area contributed by atoms with Gasteiger partial charge in [0.25, 0.3) is 0 Å². The fourth-order valence-corrected chi connectivity index (χ4v) is 6.06. The molecule has 1 aromatic heterocycles. The van der Waals surface area contributed by atoms with Crippen LogP contribution in [-0.2, 0) is 10.0 Å². The molecule has 2 unspecified atom stereocenters. The second-order valence-corrected chi connectivity index (χ2v) is 8.15. The number of fused-ring (bicyclic) bond motifs is 2. The molecule has 2 bridgehead atoms. The molecule has 2 saturated heterocycles. The van der Waals surface area contributed by atoms with Crippen LogP contribution >= 0.6 is 0 Å². The molecule has 2 fully saturated rings. The largest absolute Gasteiger partial charge is 0.249 e. The average Bonchev–Trinajstić information content (AvgIpc) is 3.22. The summed E-state index contributed by atoms with van der Waals surface area (Å²) < 4.78 is 29.8. The van der Waals surface area contributed by atoms with E-state index in [4.69, 9.17) is 0 Å². The minimum atomic E-state index is -3.67. The molecule has 0 amide bonds. The summed E-state index contributed by atoms with van der Waals surface area (Å²) >= 11 is 0. The van der Waals surface area contributed by atoms with Crippen LogP contribution in [0.1, 0.15) is 37.3 Å². The number of rotatable bonds is 3. The maximum absolute atomic E-state index is 13.2. The Balaban J connectivity index is 1.67. The van der Waals surface area contributed by atoms with Gasteiger partial charge < -0.3 is 0 Å². The zero-order valence-corrected chi connectivity index (χ0v) is 13.8. The van der Waals surface area contributed by atoms with Crippen LogP contribution in [0.15, 0.2) is 41.6 Å². The number of hydrogen-bond acceptors (Lipinski definition) is 5. The fourth-order valence-electron chi connectivity index (χ4n) is 4.02. The van der Waals surface area contributed by atoms with Crippen molar-refractivity contribution in [2.24, 2.45) is 0 Å². The van der Waals surface area contributed by atoms with Crippen molar-refractivity contribution in [3.8, 4) is 6.07 Å². The van der Waals surface area contributed by atoms with Crippen LogP contribution in [0.2, 0.25) is 0 Å². The van der Waals surface area contributed by atoms with Gasteiger partial charge in [-0.2, -0.15) is 9.57 Å². The van der Waals surface area contributed by atoms with Gasteiger partial charge in [0.05, 0.1) is 22.7 Å². The SMILES string of the molecule is N#Cc1ccccc1S(=O)(=O)N1C2CCC1CC(n1ccnn1)C2. The lowest BCUT2D eigenvalue weighted by Crippen LogP contribution is -2.47. The molecule has 124 valence electrons. The first kappa shape index (κ1) is 15.3. The molecule has 1 aromatic carbocycles. The molecular weight excluding hydrogens is 326 g/mol. The van der Waals surface area contributed by atoms with Crippen LogP contribution in [0.25, 0.3) is 0 Å². The summed E-state index contributed by atoms with van der Waals surface area (Å²) in [5, 5.41) is 17.2. The standard InChI is InChI=1S/C16H17N5O2S/c17-11-12-3-1-2-4-16(12)24(22,23)21-13-5-6-14(21)10-15(9-13)20-8-7-18-19-20/h1-4,7-8,13-15H,5-6,9-10H2. The molecule has 2 aliphatic rings. The molecule has 4 rings (SSSR count). The molecule has 0 spiro atoms. The van der Waals surface area contributed by atoms with Crippen molar-refractivity contribution in [1.82, 2.24) is 19.3 Å². The number of sulfonamides is 1. The fraction of sp³-hybridized carbons (Fsp3) is 0.438. The number of nitriles is 1. The normalized spacial score (nSPS) is 27.0. The Morgan fingerprint density at radius 3 is 2.46 bits per heavy atom. The number of piperidine rings is 1. The van der Waals surface area contributed by atoms with Gasteiger partial charge in [0.1, 0.15) is 6.07 Å². The van der Waals surface area contributed by atoms with E-state index in [1.54, 1.807) is 28.7 Å². The lowest BCUT2D eigenvalue weighted by atomic mass is 10.00. The van der Waals surface area contributed by atoms with Crippen molar-refractivity contribution in [3.05, 3.63) is 42.2 Å². The maximum Gasteiger partial charge on any atom is 0.244 e. The van der Waals surface area contributed by atoms with Crippen molar-refractivity contribution in [2.45, 2.75) is 48.7 Å². The number of aromatic nitrogens is 3. The Hall–Kier alpha value is -2.24. The molecule has 24 heavy (non-hydrogen) atoms. The molecule has 0 saturated carbocycles. The Morgan fingerprint density at radius 1 is 1.12 bits per heavy atom. The highest BCUT2D eigenvalue weighted by atomic mass is 32.2. The van der Waals surface area contributed by atoms with Crippen LogP contribution in [0, 0.1) is 11.3 Å². The van der Waals surface area contributed by atoms with Gasteiger partial charge in [-0.25, -0.2) is 13.1 Å². The quantitative estimate of drug-likeness (QED) is 0.846. The van der Waals surface area contributed by atoms with Crippen LogP contribution in [-0.4, -0.2) is 39.8 Å². The smallest absolute Gasteiger partial charge is 0.244 e. The van der Waals surface area contributed by atoms with E-state index in [0.717, 1.165) is 25.7 Å². The summed E-state index contributed by atoms with van der Waals surface area (Å²) in [5.74, 6) is 0. The minimum Gasteiger partial charge on any atom is -0.249 e. The summed E-state index contributed by atoms with van der Waals surface area (Å²) in [5.41, 5.74) is 0.204. The van der Waals surface area contributed by atoms with Gasteiger partial charge >= 0.3 is 0 Å².